The number of morpholine rings is 1. The fraction of sp³-hybridized carbons (Fsp3) is 1.00. The van der Waals surface area contributed by atoms with Gasteiger partial charge in [-0.05, 0) is 32.7 Å². The lowest BCUT2D eigenvalue weighted by Crippen LogP contribution is -2.73. The molecule has 1 aliphatic carbocycles. The molecule has 2 aliphatic heterocycles. The largest absolute Gasteiger partial charge is 0.394 e. The van der Waals surface area contributed by atoms with Gasteiger partial charge in [0.25, 0.3) is 10.2 Å². The van der Waals surface area contributed by atoms with E-state index in [2.05, 4.69) is 9.62 Å². The molecule has 21 heavy (non-hydrogen) atoms. The van der Waals surface area contributed by atoms with Crippen molar-refractivity contribution in [3.8, 4) is 0 Å². The Balaban J connectivity index is 1.71. The molecule has 1 unspecified atom stereocenters. The third-order valence-electron chi connectivity index (χ3n) is 5.48. The third kappa shape index (κ3) is 2.51. The maximum atomic E-state index is 12.1. The molecule has 1 atom stereocenters. The summed E-state index contributed by atoms with van der Waals surface area (Å²) < 4.78 is 34.1. The minimum absolute atomic E-state index is 0.0246. The zero-order valence-corrected chi connectivity index (χ0v) is 13.4. The summed E-state index contributed by atoms with van der Waals surface area (Å²) in [4.78, 5) is 2.16. The fourth-order valence-corrected chi connectivity index (χ4v) is 4.79. The maximum absolute atomic E-state index is 12.1. The van der Waals surface area contributed by atoms with Crippen molar-refractivity contribution < 1.29 is 18.3 Å². The number of rotatable bonds is 5. The molecular weight excluding hydrogens is 294 g/mol. The molecule has 0 aromatic rings. The van der Waals surface area contributed by atoms with Gasteiger partial charge in [-0.3, -0.25) is 4.90 Å². The van der Waals surface area contributed by atoms with Gasteiger partial charge in [0.1, 0.15) is 0 Å². The van der Waals surface area contributed by atoms with E-state index in [4.69, 9.17) is 4.74 Å². The van der Waals surface area contributed by atoms with E-state index in [-0.39, 0.29) is 18.7 Å². The van der Waals surface area contributed by atoms with Crippen LogP contribution in [0.4, 0.5) is 0 Å². The summed E-state index contributed by atoms with van der Waals surface area (Å²) in [6.07, 6.45) is 4.17. The molecule has 0 amide bonds. The molecule has 2 N–H and O–H groups in total. The fourth-order valence-electron chi connectivity index (χ4n) is 3.41. The van der Waals surface area contributed by atoms with Gasteiger partial charge in [-0.15, -0.1) is 0 Å². The van der Waals surface area contributed by atoms with Crippen LogP contribution in [-0.2, 0) is 14.9 Å². The monoisotopic (exact) mass is 319 g/mol. The van der Waals surface area contributed by atoms with Gasteiger partial charge in [-0.25, -0.2) is 4.72 Å². The molecule has 7 nitrogen and oxygen atoms in total. The summed E-state index contributed by atoms with van der Waals surface area (Å²) >= 11 is 0. The van der Waals surface area contributed by atoms with E-state index in [0.29, 0.717) is 26.3 Å². The first kappa shape index (κ1) is 15.6. The number of hydrogen-bond donors (Lipinski definition) is 2. The van der Waals surface area contributed by atoms with Crippen LogP contribution in [0.2, 0.25) is 0 Å². The molecule has 2 saturated heterocycles. The number of hydrogen-bond acceptors (Lipinski definition) is 5. The second kappa shape index (κ2) is 5.43. The highest BCUT2D eigenvalue weighted by Gasteiger charge is 2.53. The summed E-state index contributed by atoms with van der Waals surface area (Å²) in [5.41, 5.74) is -0.695. The lowest BCUT2D eigenvalue weighted by molar-refractivity contribution is -0.178. The first-order chi connectivity index (χ1) is 9.94. The van der Waals surface area contributed by atoms with Crippen molar-refractivity contribution in [2.24, 2.45) is 0 Å². The van der Waals surface area contributed by atoms with E-state index in [9.17, 15) is 13.5 Å². The minimum atomic E-state index is -3.43. The Bertz CT molecular complexity index is 490. The number of aliphatic hydroxyl groups excluding tert-OH is 1. The highest BCUT2D eigenvalue weighted by molar-refractivity contribution is 7.87. The van der Waals surface area contributed by atoms with Gasteiger partial charge in [0.15, 0.2) is 0 Å². The van der Waals surface area contributed by atoms with Gasteiger partial charge in [0, 0.05) is 25.2 Å². The van der Waals surface area contributed by atoms with Crippen molar-refractivity contribution in [1.29, 1.82) is 0 Å². The van der Waals surface area contributed by atoms with E-state index < -0.39 is 15.7 Å². The standard InChI is InChI=1S/C13H25N3O4S/c1-15-12(4-2-5-12)10-20-11-13(15,9-17)8-14-21(18,19)16-6-3-7-16/h14,17H,2-11H2,1H3. The summed E-state index contributed by atoms with van der Waals surface area (Å²) in [5, 5.41) is 9.90. The average molecular weight is 319 g/mol. The third-order valence-corrected chi connectivity index (χ3v) is 7.04. The number of nitrogens with one attached hydrogen (secondary N) is 1. The van der Waals surface area contributed by atoms with Crippen molar-refractivity contribution in [3.63, 3.8) is 0 Å². The first-order valence-electron chi connectivity index (χ1n) is 7.62. The Morgan fingerprint density at radius 1 is 1.24 bits per heavy atom. The Labute approximate surface area is 126 Å². The minimum Gasteiger partial charge on any atom is -0.394 e. The molecular formula is C13H25N3O4S. The van der Waals surface area contributed by atoms with Crippen LogP contribution in [0.5, 0.6) is 0 Å². The molecule has 1 spiro atoms. The molecule has 3 rings (SSSR count). The van der Waals surface area contributed by atoms with Crippen molar-refractivity contribution in [1.82, 2.24) is 13.9 Å². The van der Waals surface area contributed by atoms with E-state index in [1.165, 1.54) is 4.31 Å². The second-order valence-electron chi connectivity index (χ2n) is 6.59. The smallest absolute Gasteiger partial charge is 0.279 e. The predicted octanol–water partition coefficient (Wildman–Crippen LogP) is -0.858. The first-order valence-corrected chi connectivity index (χ1v) is 9.06. The van der Waals surface area contributed by atoms with Crippen LogP contribution in [0, 0.1) is 0 Å². The number of ether oxygens (including phenoxy) is 1. The SMILES string of the molecule is CN1C2(CCC2)COCC1(CO)CNS(=O)(=O)N1CCC1. The highest BCUT2D eigenvalue weighted by atomic mass is 32.2. The van der Waals surface area contributed by atoms with Gasteiger partial charge < -0.3 is 9.84 Å². The topological polar surface area (TPSA) is 82.1 Å². The van der Waals surface area contributed by atoms with Crippen molar-refractivity contribution >= 4 is 10.2 Å². The highest BCUT2D eigenvalue weighted by Crippen LogP contribution is 2.43. The van der Waals surface area contributed by atoms with Gasteiger partial charge >= 0.3 is 0 Å². The van der Waals surface area contributed by atoms with E-state index in [0.717, 1.165) is 25.7 Å². The van der Waals surface area contributed by atoms with Gasteiger partial charge in [-0.1, -0.05) is 0 Å². The van der Waals surface area contributed by atoms with Crippen molar-refractivity contribution in [3.05, 3.63) is 0 Å². The molecule has 0 radical (unpaired) electrons. The quantitative estimate of drug-likeness (QED) is 0.689. The molecule has 2 heterocycles. The van der Waals surface area contributed by atoms with Crippen LogP contribution in [0.15, 0.2) is 0 Å². The summed E-state index contributed by atoms with van der Waals surface area (Å²) in [7, 11) is -1.45. The molecule has 1 saturated carbocycles. The summed E-state index contributed by atoms with van der Waals surface area (Å²) in [5.74, 6) is 0. The lowest BCUT2D eigenvalue weighted by Gasteiger charge is -2.59. The van der Waals surface area contributed by atoms with Crippen molar-refractivity contribution in [2.45, 2.75) is 36.8 Å². The number of nitrogens with zero attached hydrogens (tertiary/aromatic N) is 2. The Morgan fingerprint density at radius 3 is 2.43 bits per heavy atom. The Kier molecular flexibility index (Phi) is 4.05. The lowest BCUT2D eigenvalue weighted by atomic mass is 9.72. The van der Waals surface area contributed by atoms with Crippen LogP contribution in [-0.4, -0.2) is 80.3 Å². The van der Waals surface area contributed by atoms with Crippen LogP contribution in [0.25, 0.3) is 0 Å². The molecule has 3 aliphatic rings. The number of likely N-dealkylation sites (N-methyl/N-ethyl adjacent to an activating group) is 1. The number of aliphatic hydroxyl groups is 1. The Hall–Kier alpha value is -0.250. The predicted molar refractivity (Wildman–Crippen MR) is 78.1 cm³/mol. The summed E-state index contributed by atoms with van der Waals surface area (Å²) in [6.45, 7) is 2.25. The van der Waals surface area contributed by atoms with Crippen LogP contribution < -0.4 is 4.72 Å². The van der Waals surface area contributed by atoms with Crippen LogP contribution >= 0.6 is 0 Å². The van der Waals surface area contributed by atoms with Gasteiger partial charge in [0.2, 0.25) is 0 Å². The van der Waals surface area contributed by atoms with E-state index >= 15 is 0 Å². The Morgan fingerprint density at radius 2 is 1.95 bits per heavy atom. The van der Waals surface area contributed by atoms with Crippen LogP contribution in [0.1, 0.15) is 25.7 Å². The maximum Gasteiger partial charge on any atom is 0.279 e. The van der Waals surface area contributed by atoms with Gasteiger partial charge in [0.05, 0.1) is 25.4 Å². The molecule has 0 aromatic heterocycles. The molecule has 8 heteroatoms. The summed E-state index contributed by atoms with van der Waals surface area (Å²) in [6, 6.07) is 0. The molecule has 0 bridgehead atoms. The van der Waals surface area contributed by atoms with Crippen LogP contribution in [0.3, 0.4) is 0 Å². The van der Waals surface area contributed by atoms with Crippen molar-refractivity contribution in [2.75, 3.05) is 46.5 Å². The zero-order chi connectivity index (χ0) is 15.1. The normalized spacial score (nSPS) is 33.6. The zero-order valence-electron chi connectivity index (χ0n) is 12.5. The van der Waals surface area contributed by atoms with E-state index in [1.54, 1.807) is 0 Å². The average Bonchev–Trinajstić information content (AvgIpc) is 2.33. The molecule has 122 valence electrons. The molecule has 3 fully saturated rings. The molecule has 0 aromatic carbocycles. The second-order valence-corrected chi connectivity index (χ2v) is 8.35. The van der Waals surface area contributed by atoms with Gasteiger partial charge in [-0.2, -0.15) is 12.7 Å². The van der Waals surface area contributed by atoms with E-state index in [1.807, 2.05) is 7.05 Å².